The van der Waals surface area contributed by atoms with Crippen LogP contribution in [0.15, 0.2) is 23.1 Å². The van der Waals surface area contributed by atoms with Crippen molar-refractivity contribution in [1.29, 1.82) is 0 Å². The van der Waals surface area contributed by atoms with E-state index >= 15 is 0 Å². The maximum Gasteiger partial charge on any atom is 0.261 e. The van der Waals surface area contributed by atoms with Crippen LogP contribution in [-0.2, 0) is 15.5 Å². The number of halogens is 1. The van der Waals surface area contributed by atoms with E-state index in [4.69, 9.17) is 10.7 Å². The van der Waals surface area contributed by atoms with Gasteiger partial charge in [0.2, 0.25) is 0 Å². The third-order valence-corrected chi connectivity index (χ3v) is 4.44. The van der Waals surface area contributed by atoms with Crippen LogP contribution < -0.4 is 5.32 Å². The molecule has 1 aromatic rings. The highest BCUT2D eigenvalue weighted by molar-refractivity contribution is 8.13. The number of benzene rings is 1. The van der Waals surface area contributed by atoms with Gasteiger partial charge in [-0.05, 0) is 37.5 Å². The average molecular weight is 318 g/mol. The molecular formula is C14H20ClNO3S. The monoisotopic (exact) mass is 317 g/mol. The van der Waals surface area contributed by atoms with E-state index in [1.807, 2.05) is 20.8 Å². The first-order valence-corrected chi connectivity index (χ1v) is 8.99. The number of nitrogens with one attached hydrogen (secondary N) is 1. The molecule has 0 aromatic heterocycles. The summed E-state index contributed by atoms with van der Waals surface area (Å²) in [6.45, 7) is 5.88. The largest absolute Gasteiger partial charge is 0.350 e. The molecule has 0 heterocycles. The lowest BCUT2D eigenvalue weighted by Gasteiger charge is -2.15. The van der Waals surface area contributed by atoms with Crippen molar-refractivity contribution < 1.29 is 13.2 Å². The summed E-state index contributed by atoms with van der Waals surface area (Å²) in [7, 11) is 1.50. The molecule has 0 aliphatic heterocycles. The highest BCUT2D eigenvalue weighted by atomic mass is 35.7. The molecule has 1 aromatic carbocycles. The van der Waals surface area contributed by atoms with Crippen molar-refractivity contribution in [2.45, 2.75) is 51.0 Å². The number of rotatable bonds is 6. The Balaban J connectivity index is 3.11. The van der Waals surface area contributed by atoms with Gasteiger partial charge in [0.1, 0.15) is 0 Å². The number of amides is 1. The van der Waals surface area contributed by atoms with Crippen molar-refractivity contribution in [2.24, 2.45) is 0 Å². The molecule has 1 N–H and O–H groups in total. The first-order valence-electron chi connectivity index (χ1n) is 6.68. The fourth-order valence-corrected chi connectivity index (χ4v) is 2.81. The summed E-state index contributed by atoms with van der Waals surface area (Å²) in [4.78, 5) is 12.2. The highest BCUT2D eigenvalue weighted by Gasteiger charge is 2.17. The maximum atomic E-state index is 12.2. The van der Waals surface area contributed by atoms with Crippen LogP contribution in [0.25, 0.3) is 0 Å². The quantitative estimate of drug-likeness (QED) is 0.820. The summed E-state index contributed by atoms with van der Waals surface area (Å²) < 4.78 is 22.7. The fraction of sp³-hybridized carbons (Fsp3) is 0.500. The molecule has 0 fully saturated rings. The van der Waals surface area contributed by atoms with Crippen molar-refractivity contribution in [2.75, 3.05) is 0 Å². The Labute approximate surface area is 124 Å². The molecule has 0 aliphatic carbocycles. The molecule has 112 valence electrons. The smallest absolute Gasteiger partial charge is 0.261 e. The van der Waals surface area contributed by atoms with Crippen LogP contribution in [0.4, 0.5) is 0 Å². The fourth-order valence-electron chi connectivity index (χ4n) is 2.03. The number of hydrogen-bond acceptors (Lipinski definition) is 3. The first-order chi connectivity index (χ1) is 9.29. The third kappa shape index (κ3) is 4.49. The Morgan fingerprint density at radius 3 is 2.50 bits per heavy atom. The lowest BCUT2D eigenvalue weighted by Crippen LogP contribution is -2.33. The Morgan fingerprint density at radius 1 is 1.35 bits per heavy atom. The van der Waals surface area contributed by atoms with Gasteiger partial charge in [0, 0.05) is 22.3 Å². The Hall–Kier alpha value is -1.07. The number of hydrogen-bond donors (Lipinski definition) is 1. The second kappa shape index (κ2) is 7.09. The van der Waals surface area contributed by atoms with Crippen LogP contribution in [-0.4, -0.2) is 20.4 Å². The van der Waals surface area contributed by atoms with Gasteiger partial charge in [-0.1, -0.05) is 26.3 Å². The summed E-state index contributed by atoms with van der Waals surface area (Å²) >= 11 is 0. The van der Waals surface area contributed by atoms with Crippen molar-refractivity contribution in [3.05, 3.63) is 29.3 Å². The van der Waals surface area contributed by atoms with Crippen LogP contribution in [0.2, 0.25) is 0 Å². The number of aryl methyl sites for hydroxylation is 1. The molecule has 1 unspecified atom stereocenters. The van der Waals surface area contributed by atoms with Gasteiger partial charge >= 0.3 is 0 Å². The SMILES string of the molecule is CCCC(C)NC(=O)c1cc(S(=O)(=O)Cl)ccc1CC. The molecule has 6 heteroatoms. The van der Waals surface area contributed by atoms with Crippen molar-refractivity contribution in [3.63, 3.8) is 0 Å². The first kappa shape index (κ1) is 17.0. The van der Waals surface area contributed by atoms with E-state index in [-0.39, 0.29) is 16.8 Å². The molecule has 0 aliphatic rings. The third-order valence-electron chi connectivity index (χ3n) is 3.09. The van der Waals surface area contributed by atoms with Gasteiger partial charge < -0.3 is 5.32 Å². The predicted octanol–water partition coefficient (Wildman–Crippen LogP) is 3.09. The lowest BCUT2D eigenvalue weighted by atomic mass is 10.0. The molecule has 0 spiro atoms. The predicted molar refractivity (Wildman–Crippen MR) is 80.7 cm³/mol. The van der Waals surface area contributed by atoms with E-state index in [1.54, 1.807) is 6.07 Å². The van der Waals surface area contributed by atoms with Gasteiger partial charge in [-0.25, -0.2) is 8.42 Å². The van der Waals surface area contributed by atoms with E-state index in [2.05, 4.69) is 5.32 Å². The van der Waals surface area contributed by atoms with Gasteiger partial charge in [-0.15, -0.1) is 0 Å². The topological polar surface area (TPSA) is 63.2 Å². The molecule has 4 nitrogen and oxygen atoms in total. The zero-order chi connectivity index (χ0) is 15.3. The van der Waals surface area contributed by atoms with Crippen LogP contribution >= 0.6 is 10.7 Å². The minimum absolute atomic E-state index is 0.0495. The van der Waals surface area contributed by atoms with E-state index < -0.39 is 9.05 Å². The summed E-state index contributed by atoms with van der Waals surface area (Å²) in [5.41, 5.74) is 1.17. The van der Waals surface area contributed by atoms with Crippen LogP contribution in [0.1, 0.15) is 49.5 Å². The molecule has 0 radical (unpaired) electrons. The van der Waals surface area contributed by atoms with Crippen LogP contribution in [0, 0.1) is 0 Å². The second-order valence-electron chi connectivity index (χ2n) is 4.77. The summed E-state index contributed by atoms with van der Waals surface area (Å²) in [6, 6.07) is 4.45. The molecule has 0 bridgehead atoms. The van der Waals surface area contributed by atoms with Crippen LogP contribution in [0.3, 0.4) is 0 Å². The number of carbonyl (C=O) groups excluding carboxylic acids is 1. The Bertz CT molecular complexity index is 584. The molecule has 1 rings (SSSR count). The van der Waals surface area contributed by atoms with E-state index in [9.17, 15) is 13.2 Å². The molecule has 20 heavy (non-hydrogen) atoms. The standard InChI is InChI=1S/C14H20ClNO3S/c1-4-6-10(3)16-14(17)13-9-12(20(15,18)19)8-7-11(13)5-2/h7-10H,4-6H2,1-3H3,(H,16,17). The highest BCUT2D eigenvalue weighted by Crippen LogP contribution is 2.20. The van der Waals surface area contributed by atoms with Crippen LogP contribution in [0.5, 0.6) is 0 Å². The van der Waals surface area contributed by atoms with Gasteiger partial charge in [0.05, 0.1) is 4.90 Å². The van der Waals surface area contributed by atoms with Crippen molar-refractivity contribution in [1.82, 2.24) is 5.32 Å². The zero-order valence-corrected chi connectivity index (χ0v) is 13.5. The minimum atomic E-state index is -3.83. The van der Waals surface area contributed by atoms with E-state index in [0.29, 0.717) is 12.0 Å². The molecule has 0 saturated heterocycles. The minimum Gasteiger partial charge on any atom is -0.350 e. The van der Waals surface area contributed by atoms with Crippen molar-refractivity contribution in [3.8, 4) is 0 Å². The zero-order valence-electron chi connectivity index (χ0n) is 11.9. The molecule has 0 saturated carbocycles. The van der Waals surface area contributed by atoms with E-state index in [0.717, 1.165) is 18.4 Å². The van der Waals surface area contributed by atoms with Gasteiger partial charge in [-0.3, -0.25) is 4.79 Å². The summed E-state index contributed by atoms with van der Waals surface area (Å²) in [5.74, 6) is -0.259. The Kier molecular flexibility index (Phi) is 6.02. The molecular weight excluding hydrogens is 298 g/mol. The van der Waals surface area contributed by atoms with Gasteiger partial charge in [0.25, 0.3) is 15.0 Å². The van der Waals surface area contributed by atoms with Gasteiger partial charge in [0.15, 0.2) is 0 Å². The summed E-state index contributed by atoms with van der Waals surface area (Å²) in [5, 5.41) is 2.87. The normalized spacial score (nSPS) is 13.0. The number of carbonyl (C=O) groups is 1. The lowest BCUT2D eigenvalue weighted by molar-refractivity contribution is 0.0937. The Morgan fingerprint density at radius 2 is 2.00 bits per heavy atom. The molecule has 1 atom stereocenters. The van der Waals surface area contributed by atoms with Crippen molar-refractivity contribution >= 4 is 25.6 Å². The van der Waals surface area contributed by atoms with E-state index in [1.165, 1.54) is 12.1 Å². The second-order valence-corrected chi connectivity index (χ2v) is 7.34. The van der Waals surface area contributed by atoms with Gasteiger partial charge in [-0.2, -0.15) is 0 Å². The maximum absolute atomic E-state index is 12.2. The summed E-state index contributed by atoms with van der Waals surface area (Å²) in [6.07, 6.45) is 2.49. The molecule has 1 amide bonds. The average Bonchev–Trinajstić information content (AvgIpc) is 2.37.